The standard InChI is InChI=1S/C27H25ClN6O2/c28-21-8-6-19(7-9-21)23-14-22(35-32-23)17-34-12-10-18(11-13-34)15-29-27-25-24(16-30-31-27)36-33-26(25)20-4-2-1-3-5-20/h1-9,14,16,18H,10-13,15,17H2,(H,29,31). The molecule has 0 unspecified atom stereocenters. The van der Waals surface area contributed by atoms with Crippen LogP contribution in [0.25, 0.3) is 33.5 Å². The fourth-order valence-electron chi connectivity index (χ4n) is 4.68. The lowest BCUT2D eigenvalue weighted by atomic mass is 9.96. The third-order valence-electron chi connectivity index (χ3n) is 6.68. The van der Waals surface area contributed by atoms with Gasteiger partial charge in [0.25, 0.3) is 0 Å². The number of benzene rings is 2. The first-order valence-corrected chi connectivity index (χ1v) is 12.4. The van der Waals surface area contributed by atoms with Crippen molar-refractivity contribution in [3.8, 4) is 22.5 Å². The molecule has 0 aliphatic carbocycles. The van der Waals surface area contributed by atoms with Crippen LogP contribution >= 0.6 is 11.6 Å². The summed E-state index contributed by atoms with van der Waals surface area (Å²) in [5.74, 6) is 2.13. The van der Waals surface area contributed by atoms with E-state index in [1.807, 2.05) is 60.7 Å². The van der Waals surface area contributed by atoms with E-state index < -0.39 is 0 Å². The van der Waals surface area contributed by atoms with E-state index in [9.17, 15) is 0 Å². The van der Waals surface area contributed by atoms with E-state index in [0.717, 1.165) is 72.7 Å². The van der Waals surface area contributed by atoms with Crippen LogP contribution in [0, 0.1) is 5.92 Å². The molecule has 9 heteroatoms. The number of rotatable bonds is 7. The van der Waals surface area contributed by atoms with Crippen molar-refractivity contribution in [2.45, 2.75) is 19.4 Å². The fourth-order valence-corrected chi connectivity index (χ4v) is 4.81. The summed E-state index contributed by atoms with van der Waals surface area (Å²) in [7, 11) is 0. The molecule has 0 bridgehead atoms. The molecule has 3 aromatic heterocycles. The lowest BCUT2D eigenvalue weighted by Crippen LogP contribution is -2.35. The average Bonchev–Trinajstić information content (AvgIpc) is 3.57. The topological polar surface area (TPSA) is 93.1 Å². The molecule has 1 fully saturated rings. The molecule has 0 radical (unpaired) electrons. The Hall–Kier alpha value is -3.75. The largest absolute Gasteiger partial charge is 0.368 e. The van der Waals surface area contributed by atoms with E-state index in [1.165, 1.54) is 0 Å². The highest BCUT2D eigenvalue weighted by Crippen LogP contribution is 2.32. The number of hydrogen-bond donors (Lipinski definition) is 1. The second-order valence-corrected chi connectivity index (χ2v) is 9.55. The van der Waals surface area contributed by atoms with Crippen molar-refractivity contribution in [3.05, 3.63) is 77.6 Å². The Morgan fingerprint density at radius 3 is 2.56 bits per heavy atom. The van der Waals surface area contributed by atoms with Crippen LogP contribution in [0.4, 0.5) is 5.82 Å². The summed E-state index contributed by atoms with van der Waals surface area (Å²) in [6.07, 6.45) is 3.79. The van der Waals surface area contributed by atoms with Gasteiger partial charge in [0.2, 0.25) is 0 Å². The Balaban J connectivity index is 1.05. The van der Waals surface area contributed by atoms with Crippen LogP contribution in [0.2, 0.25) is 5.02 Å². The number of halogens is 1. The first kappa shape index (κ1) is 22.7. The van der Waals surface area contributed by atoms with Gasteiger partial charge in [0, 0.05) is 28.8 Å². The zero-order chi connectivity index (χ0) is 24.3. The van der Waals surface area contributed by atoms with Gasteiger partial charge in [0.1, 0.15) is 11.4 Å². The molecule has 4 heterocycles. The molecule has 8 nitrogen and oxygen atoms in total. The number of piperidine rings is 1. The molecular formula is C27H25ClN6O2. The van der Waals surface area contributed by atoms with Crippen molar-refractivity contribution < 1.29 is 9.05 Å². The van der Waals surface area contributed by atoms with Crippen LogP contribution in [-0.2, 0) is 6.54 Å². The molecule has 5 aromatic rings. The Morgan fingerprint density at radius 2 is 1.75 bits per heavy atom. The van der Waals surface area contributed by atoms with E-state index in [2.05, 4.69) is 30.7 Å². The van der Waals surface area contributed by atoms with Crippen molar-refractivity contribution in [2.75, 3.05) is 25.0 Å². The van der Waals surface area contributed by atoms with E-state index >= 15 is 0 Å². The highest BCUT2D eigenvalue weighted by molar-refractivity contribution is 6.30. The number of nitrogens with one attached hydrogen (secondary N) is 1. The summed E-state index contributed by atoms with van der Waals surface area (Å²) in [6.45, 7) is 3.58. The van der Waals surface area contributed by atoms with Gasteiger partial charge in [-0.1, -0.05) is 64.4 Å². The maximum Gasteiger partial charge on any atom is 0.191 e. The van der Waals surface area contributed by atoms with Gasteiger partial charge in [-0.25, -0.2) is 0 Å². The third kappa shape index (κ3) is 4.82. The Bertz CT molecular complexity index is 1440. The fraction of sp³-hybridized carbons (Fsp3) is 0.259. The van der Waals surface area contributed by atoms with E-state index in [4.69, 9.17) is 20.6 Å². The van der Waals surface area contributed by atoms with Gasteiger partial charge >= 0.3 is 0 Å². The third-order valence-corrected chi connectivity index (χ3v) is 6.93. The second kappa shape index (κ2) is 10.1. The molecule has 1 aliphatic rings. The minimum atomic E-state index is 0.540. The number of fused-ring (bicyclic) bond motifs is 1. The lowest BCUT2D eigenvalue weighted by molar-refractivity contribution is 0.166. The average molecular weight is 501 g/mol. The number of anilines is 1. The van der Waals surface area contributed by atoms with Crippen LogP contribution in [0.5, 0.6) is 0 Å². The Kier molecular flexibility index (Phi) is 6.36. The van der Waals surface area contributed by atoms with Gasteiger partial charge in [0.05, 0.1) is 18.1 Å². The Labute approximate surface area is 213 Å². The molecule has 0 atom stereocenters. The molecule has 36 heavy (non-hydrogen) atoms. The van der Waals surface area contributed by atoms with Gasteiger partial charge in [-0.15, -0.1) is 5.10 Å². The van der Waals surface area contributed by atoms with Crippen molar-refractivity contribution >= 4 is 28.4 Å². The molecule has 1 saturated heterocycles. The Morgan fingerprint density at radius 1 is 0.944 bits per heavy atom. The van der Waals surface area contributed by atoms with E-state index in [0.29, 0.717) is 22.3 Å². The summed E-state index contributed by atoms with van der Waals surface area (Å²) in [5.41, 5.74) is 4.24. The molecule has 1 N–H and O–H groups in total. The van der Waals surface area contributed by atoms with Crippen molar-refractivity contribution in [3.63, 3.8) is 0 Å². The summed E-state index contributed by atoms with van der Waals surface area (Å²) in [4.78, 5) is 2.41. The zero-order valence-electron chi connectivity index (χ0n) is 19.6. The predicted octanol–water partition coefficient (Wildman–Crippen LogP) is 5.92. The predicted molar refractivity (Wildman–Crippen MR) is 138 cm³/mol. The first-order valence-electron chi connectivity index (χ1n) is 12.1. The van der Waals surface area contributed by atoms with E-state index in [-0.39, 0.29) is 0 Å². The SMILES string of the molecule is Clc1ccc(-c2cc(CN3CCC(CNc4nncc5onc(-c6ccccc6)c45)CC3)on2)cc1. The zero-order valence-corrected chi connectivity index (χ0v) is 20.4. The quantitative estimate of drug-likeness (QED) is 0.294. The van der Waals surface area contributed by atoms with Crippen molar-refractivity contribution in [2.24, 2.45) is 5.92 Å². The second-order valence-electron chi connectivity index (χ2n) is 9.12. The van der Waals surface area contributed by atoms with Crippen LogP contribution in [-0.4, -0.2) is 45.0 Å². The molecule has 0 saturated carbocycles. The van der Waals surface area contributed by atoms with Gasteiger partial charge in [-0.05, 0) is 44.0 Å². The van der Waals surface area contributed by atoms with Gasteiger partial charge in [-0.3, -0.25) is 4.90 Å². The molecule has 2 aromatic carbocycles. The first-order chi connectivity index (χ1) is 17.7. The summed E-state index contributed by atoms with van der Waals surface area (Å²) < 4.78 is 11.1. The van der Waals surface area contributed by atoms with Gasteiger partial charge in [0.15, 0.2) is 17.2 Å². The molecule has 1 aliphatic heterocycles. The van der Waals surface area contributed by atoms with Crippen LogP contribution < -0.4 is 5.32 Å². The monoisotopic (exact) mass is 500 g/mol. The number of aromatic nitrogens is 4. The van der Waals surface area contributed by atoms with Crippen LogP contribution in [0.15, 0.2) is 75.9 Å². The van der Waals surface area contributed by atoms with E-state index in [1.54, 1.807) is 6.20 Å². The molecule has 6 rings (SSSR count). The molecule has 0 spiro atoms. The smallest absolute Gasteiger partial charge is 0.191 e. The van der Waals surface area contributed by atoms with Gasteiger partial charge < -0.3 is 14.4 Å². The van der Waals surface area contributed by atoms with Crippen molar-refractivity contribution in [1.82, 2.24) is 25.4 Å². The molecule has 182 valence electrons. The maximum atomic E-state index is 5.99. The van der Waals surface area contributed by atoms with Crippen molar-refractivity contribution in [1.29, 1.82) is 0 Å². The highest BCUT2D eigenvalue weighted by atomic mass is 35.5. The van der Waals surface area contributed by atoms with Crippen LogP contribution in [0.3, 0.4) is 0 Å². The molecule has 0 amide bonds. The lowest BCUT2D eigenvalue weighted by Gasteiger charge is -2.31. The summed E-state index contributed by atoms with van der Waals surface area (Å²) >= 11 is 5.99. The van der Waals surface area contributed by atoms with Crippen LogP contribution in [0.1, 0.15) is 18.6 Å². The maximum absolute atomic E-state index is 5.99. The summed E-state index contributed by atoms with van der Waals surface area (Å²) in [5, 5.41) is 22.0. The number of nitrogens with zero attached hydrogens (tertiary/aromatic N) is 5. The highest BCUT2D eigenvalue weighted by Gasteiger charge is 2.22. The number of likely N-dealkylation sites (tertiary alicyclic amines) is 1. The molecular weight excluding hydrogens is 476 g/mol. The summed E-state index contributed by atoms with van der Waals surface area (Å²) in [6, 6.07) is 19.6. The minimum absolute atomic E-state index is 0.540. The number of hydrogen-bond acceptors (Lipinski definition) is 8. The normalized spacial score (nSPS) is 14.9. The van der Waals surface area contributed by atoms with Gasteiger partial charge in [-0.2, -0.15) is 5.10 Å². The minimum Gasteiger partial charge on any atom is -0.368 e.